The number of unbranched alkanes of at least 4 members (excludes halogenated alkanes) is 17. The molecule has 0 amide bonds. The van der Waals surface area contributed by atoms with E-state index in [4.69, 9.17) is 0 Å². The van der Waals surface area contributed by atoms with Crippen molar-refractivity contribution in [1.29, 1.82) is 0 Å². The van der Waals surface area contributed by atoms with Crippen LogP contribution in [0.3, 0.4) is 0 Å². The second kappa shape index (κ2) is 27.9. The van der Waals surface area contributed by atoms with Crippen molar-refractivity contribution >= 4 is 16.3 Å². The zero-order valence-corrected chi connectivity index (χ0v) is 18.4. The van der Waals surface area contributed by atoms with Gasteiger partial charge < -0.3 is 24.8 Å². The molecule has 0 aliphatic carbocycles. The first-order valence-electron chi connectivity index (χ1n) is 10.1. The van der Waals surface area contributed by atoms with E-state index < -0.39 is 0 Å². The zero-order chi connectivity index (χ0) is 15.4. The van der Waals surface area contributed by atoms with Gasteiger partial charge in [-0.3, -0.25) is 0 Å². The van der Waals surface area contributed by atoms with E-state index in [-0.39, 0.29) is 24.8 Å². The molecule has 138 valence electrons. The van der Waals surface area contributed by atoms with Crippen LogP contribution in [0.25, 0.3) is 0 Å². The summed E-state index contributed by atoms with van der Waals surface area (Å²) in [4.78, 5) is 0. The first kappa shape index (κ1) is 28.9. The Morgan fingerprint density at radius 1 is 0.391 bits per heavy atom. The van der Waals surface area contributed by atoms with E-state index >= 15 is 0 Å². The first-order chi connectivity index (χ1) is 10.4. The van der Waals surface area contributed by atoms with Gasteiger partial charge in [0.1, 0.15) is 0 Å². The van der Waals surface area contributed by atoms with Crippen LogP contribution in [0.1, 0.15) is 122 Å². The topological polar surface area (TPSA) is 0 Å². The predicted octanol–water partition coefficient (Wildman–Crippen LogP) is 1.62. The molecule has 3 heteroatoms. The third-order valence-corrected chi connectivity index (χ3v) is 4.97. The molecular weight excluding hydrogens is 338 g/mol. The molecule has 0 aliphatic heterocycles. The van der Waals surface area contributed by atoms with Crippen LogP contribution in [0.2, 0.25) is 5.28 Å². The molecule has 0 rings (SSSR count). The van der Waals surface area contributed by atoms with Crippen LogP contribution in [-0.4, -0.2) is 16.3 Å². The van der Waals surface area contributed by atoms with E-state index in [0.717, 1.165) is 0 Å². The third-order valence-electron chi connectivity index (χ3n) is 4.56. The van der Waals surface area contributed by atoms with Gasteiger partial charge in [0.05, 0.1) is 0 Å². The minimum absolute atomic E-state index is 0. The summed E-state index contributed by atoms with van der Waals surface area (Å²) < 4.78 is 0. The van der Waals surface area contributed by atoms with Gasteiger partial charge in [-0.2, -0.15) is 0 Å². The number of halogens is 2. The van der Waals surface area contributed by atoms with Crippen LogP contribution in [0.15, 0.2) is 0 Å². The Morgan fingerprint density at radius 2 is 0.609 bits per heavy atom. The van der Waals surface area contributed by atoms with Crippen LogP contribution in [0, 0.1) is 0 Å². The molecule has 0 N–H and O–H groups in total. The summed E-state index contributed by atoms with van der Waals surface area (Å²) >= 11 is 2.83. The van der Waals surface area contributed by atoms with Crippen LogP contribution < -0.4 is 24.8 Å². The van der Waals surface area contributed by atoms with E-state index in [1.165, 1.54) is 121 Å². The fourth-order valence-corrected chi connectivity index (χ4v) is 3.33. The smallest absolute Gasteiger partial charge is 1.00 e. The molecule has 0 radical (unpaired) electrons. The summed E-state index contributed by atoms with van der Waals surface area (Å²) in [6, 6.07) is 0. The number of rotatable bonds is 18. The first-order valence-corrected chi connectivity index (χ1v) is 10.9. The maximum absolute atomic E-state index is 2.83. The van der Waals surface area contributed by atoms with Crippen molar-refractivity contribution in [2.75, 3.05) is 0 Å². The molecule has 0 unspecified atom stereocenters. The molecule has 0 aliphatic rings. The van der Waals surface area contributed by atoms with E-state index in [1.54, 1.807) is 0 Å². The molecular formula is C20H41AlCl2. The second-order valence-corrected chi connectivity index (χ2v) is 7.38. The molecule has 0 aromatic heterocycles. The Balaban J connectivity index is -0.00000200. The van der Waals surface area contributed by atoms with Gasteiger partial charge in [0.15, 0.2) is 0 Å². The summed E-state index contributed by atoms with van der Waals surface area (Å²) in [6.45, 7) is 2.30. The average Bonchev–Trinajstić information content (AvgIpc) is 2.50. The molecule has 0 aromatic carbocycles. The quantitative estimate of drug-likeness (QED) is 0.251. The Morgan fingerprint density at radius 3 is 0.826 bits per heavy atom. The third kappa shape index (κ3) is 28.2. The van der Waals surface area contributed by atoms with Gasteiger partial charge in [0.2, 0.25) is 0 Å². The molecule has 0 bridgehead atoms. The van der Waals surface area contributed by atoms with E-state index in [0.29, 0.717) is 0 Å². The minimum Gasteiger partial charge on any atom is -1.00 e. The van der Waals surface area contributed by atoms with Crippen LogP contribution in [0.5, 0.6) is 0 Å². The van der Waals surface area contributed by atoms with E-state index in [9.17, 15) is 0 Å². The summed E-state index contributed by atoms with van der Waals surface area (Å²) in [6.07, 6.45) is 26.4. The molecule has 0 nitrogen and oxygen atoms in total. The Kier molecular flexibility index (Phi) is 35.1. The van der Waals surface area contributed by atoms with Gasteiger partial charge in [-0.05, 0) is 0 Å². The predicted molar refractivity (Wildman–Crippen MR) is 99.3 cm³/mol. The number of hydrogen-bond acceptors (Lipinski definition) is 0. The standard InChI is InChI=1S/C20H41.Al.2ClH/c1-3-5-7-9-11-13-15-17-19-20-18-16-14-12-10-8-6-4-2;;;/h1,3-20H2,2H3;;2*1H/q;+2;;/p-2. The van der Waals surface area contributed by atoms with Crippen LogP contribution >= 0.6 is 0 Å². The summed E-state index contributed by atoms with van der Waals surface area (Å²) in [5.74, 6) is 0. The maximum Gasteiger partial charge on any atom is -1.00 e. The van der Waals surface area contributed by atoms with Crippen molar-refractivity contribution in [3.05, 3.63) is 0 Å². The zero-order valence-electron chi connectivity index (χ0n) is 15.8. The monoisotopic (exact) mass is 378 g/mol. The largest absolute Gasteiger partial charge is 1.00 e. The van der Waals surface area contributed by atoms with Crippen molar-refractivity contribution in [3.8, 4) is 0 Å². The van der Waals surface area contributed by atoms with Gasteiger partial charge in [-0.25, -0.2) is 0 Å². The molecule has 0 heterocycles. The molecule has 0 saturated heterocycles. The van der Waals surface area contributed by atoms with Crippen molar-refractivity contribution in [3.63, 3.8) is 0 Å². The summed E-state index contributed by atoms with van der Waals surface area (Å²) in [5.41, 5.74) is 0. The second-order valence-electron chi connectivity index (χ2n) is 6.80. The summed E-state index contributed by atoms with van der Waals surface area (Å²) in [7, 11) is 0. The van der Waals surface area contributed by atoms with Crippen LogP contribution in [-0.2, 0) is 0 Å². The SMILES string of the molecule is CCCCCCCCCCCCCCCCCCC[CH2][Al+2].[Cl-].[Cl-]. The molecule has 23 heavy (non-hydrogen) atoms. The van der Waals surface area contributed by atoms with Crippen molar-refractivity contribution in [2.24, 2.45) is 0 Å². The molecule has 0 atom stereocenters. The Hall–Kier alpha value is 1.11. The minimum atomic E-state index is 0. The molecule has 0 fully saturated rings. The van der Waals surface area contributed by atoms with Crippen molar-refractivity contribution < 1.29 is 24.8 Å². The van der Waals surface area contributed by atoms with Gasteiger partial charge >= 0.3 is 92.2 Å². The van der Waals surface area contributed by atoms with Gasteiger partial charge in [-0.1, -0.05) is 51.9 Å². The van der Waals surface area contributed by atoms with E-state index in [2.05, 4.69) is 23.2 Å². The normalized spacial score (nSPS) is 10.2. The van der Waals surface area contributed by atoms with Crippen molar-refractivity contribution in [2.45, 2.75) is 128 Å². The summed E-state index contributed by atoms with van der Waals surface area (Å²) in [5, 5.41) is 1.29. The molecule has 0 aromatic rings. The Bertz CT molecular complexity index is 159. The van der Waals surface area contributed by atoms with Gasteiger partial charge in [0.25, 0.3) is 0 Å². The van der Waals surface area contributed by atoms with Gasteiger partial charge in [0, 0.05) is 0 Å². The van der Waals surface area contributed by atoms with Crippen molar-refractivity contribution in [1.82, 2.24) is 0 Å². The maximum atomic E-state index is 2.83. The fourth-order valence-electron chi connectivity index (χ4n) is 3.05. The molecule has 0 spiro atoms. The van der Waals surface area contributed by atoms with Crippen LogP contribution in [0.4, 0.5) is 0 Å². The van der Waals surface area contributed by atoms with Gasteiger partial charge in [-0.15, -0.1) is 0 Å². The fraction of sp³-hybridized carbons (Fsp3) is 1.00. The number of hydrogen-bond donors (Lipinski definition) is 0. The Labute approximate surface area is 168 Å². The van der Waals surface area contributed by atoms with E-state index in [1.807, 2.05) is 0 Å². The average molecular weight is 379 g/mol. The molecule has 0 saturated carbocycles.